The van der Waals surface area contributed by atoms with Crippen molar-refractivity contribution < 1.29 is 13.2 Å². The van der Waals surface area contributed by atoms with Gasteiger partial charge in [-0.25, -0.2) is 9.48 Å². The fraction of sp³-hybridized carbons (Fsp3) is 0.200. The van der Waals surface area contributed by atoms with Gasteiger partial charge in [-0.3, -0.25) is 4.98 Å². The van der Waals surface area contributed by atoms with Crippen molar-refractivity contribution in [3.05, 3.63) is 52.2 Å². The molecule has 1 N–H and O–H groups in total. The fourth-order valence-electron chi connectivity index (χ4n) is 1.37. The first-order valence-electron chi connectivity index (χ1n) is 4.73. The first-order valence-corrected chi connectivity index (χ1v) is 4.73. The maximum atomic E-state index is 12.3. The summed E-state index contributed by atoms with van der Waals surface area (Å²) in [4.78, 5) is 13.5. The molecule has 17 heavy (non-hydrogen) atoms. The Kier molecular flexibility index (Phi) is 2.74. The molecule has 0 radical (unpaired) electrons. The summed E-state index contributed by atoms with van der Waals surface area (Å²) in [6, 6.07) is 4.61. The molecule has 0 amide bonds. The third-order valence-electron chi connectivity index (χ3n) is 2.23. The number of hydrogen-bond acceptors (Lipinski definition) is 2. The van der Waals surface area contributed by atoms with E-state index in [9.17, 15) is 18.0 Å². The normalized spacial score (nSPS) is 11.7. The van der Waals surface area contributed by atoms with Crippen molar-refractivity contribution in [1.29, 1.82) is 0 Å². The number of hydrogen-bond donors (Lipinski definition) is 1. The highest BCUT2D eigenvalue weighted by Gasteiger charge is 2.29. The molecule has 2 aromatic rings. The zero-order valence-corrected chi connectivity index (χ0v) is 8.53. The Bertz CT molecular complexity index is 553. The highest BCUT2D eigenvalue weighted by molar-refractivity contribution is 5.24. The van der Waals surface area contributed by atoms with Crippen LogP contribution < -0.4 is 5.69 Å². The Morgan fingerprint density at radius 3 is 2.35 bits per heavy atom. The Labute approximate surface area is 93.7 Å². The monoisotopic (exact) mass is 243 g/mol. The van der Waals surface area contributed by atoms with E-state index in [-0.39, 0.29) is 6.54 Å². The number of H-pyrrole nitrogens is 1. The van der Waals surface area contributed by atoms with Crippen molar-refractivity contribution in [1.82, 2.24) is 14.8 Å². The van der Waals surface area contributed by atoms with Crippen LogP contribution in [0.15, 0.2) is 35.4 Å². The highest BCUT2D eigenvalue weighted by Crippen LogP contribution is 2.29. The number of nitrogens with one attached hydrogen (secondary N) is 1. The second-order valence-electron chi connectivity index (χ2n) is 3.45. The second-order valence-corrected chi connectivity index (χ2v) is 3.45. The molecule has 2 rings (SSSR count). The van der Waals surface area contributed by atoms with Crippen molar-refractivity contribution in [3.8, 4) is 0 Å². The lowest BCUT2D eigenvalue weighted by Crippen LogP contribution is -2.18. The lowest BCUT2D eigenvalue weighted by atomic mass is 10.1. The quantitative estimate of drug-likeness (QED) is 0.871. The number of halogens is 3. The number of benzene rings is 1. The number of nitrogens with zero attached hydrogens (tertiary/aromatic N) is 2. The van der Waals surface area contributed by atoms with E-state index in [4.69, 9.17) is 0 Å². The smallest absolute Gasteiger partial charge is 0.295 e. The predicted octanol–water partition coefficient (Wildman–Crippen LogP) is 1.64. The first kappa shape index (κ1) is 11.4. The zero-order valence-electron chi connectivity index (χ0n) is 8.53. The number of alkyl halides is 3. The summed E-state index contributed by atoms with van der Waals surface area (Å²) in [6.07, 6.45) is -3.12. The number of aromatic amines is 1. The van der Waals surface area contributed by atoms with E-state index in [1.807, 2.05) is 0 Å². The molecular weight excluding hydrogens is 235 g/mol. The van der Waals surface area contributed by atoms with E-state index in [0.29, 0.717) is 5.56 Å². The summed E-state index contributed by atoms with van der Waals surface area (Å²) in [5.74, 6) is 0. The average Bonchev–Trinajstić information content (AvgIpc) is 2.64. The minimum Gasteiger partial charge on any atom is -0.295 e. The first-order chi connectivity index (χ1) is 7.97. The molecule has 0 saturated heterocycles. The maximum absolute atomic E-state index is 12.3. The standard InChI is InChI=1S/C10H8F3N3O/c11-10(12,13)8-3-1-7(2-4-8)5-16-9(17)14-6-15-16/h1-4,6H,5H2,(H,14,15,17). The molecule has 0 aliphatic heterocycles. The van der Waals surface area contributed by atoms with Crippen molar-refractivity contribution >= 4 is 0 Å². The maximum Gasteiger partial charge on any atom is 0.416 e. The summed E-state index contributed by atoms with van der Waals surface area (Å²) in [6.45, 7) is 0.139. The van der Waals surface area contributed by atoms with Crippen molar-refractivity contribution in [2.45, 2.75) is 12.7 Å². The van der Waals surface area contributed by atoms with Gasteiger partial charge in [0.25, 0.3) is 0 Å². The van der Waals surface area contributed by atoms with Gasteiger partial charge < -0.3 is 0 Å². The summed E-state index contributed by atoms with van der Waals surface area (Å²) < 4.78 is 38.0. The molecule has 0 atom stereocenters. The molecule has 0 spiro atoms. The van der Waals surface area contributed by atoms with Gasteiger partial charge in [-0.15, -0.1) is 0 Å². The summed E-state index contributed by atoms with van der Waals surface area (Å²) in [5.41, 5.74) is -0.535. The number of rotatable bonds is 2. The molecule has 0 unspecified atom stereocenters. The van der Waals surface area contributed by atoms with Crippen LogP contribution in [0.1, 0.15) is 11.1 Å². The van der Waals surface area contributed by atoms with E-state index in [0.717, 1.165) is 16.8 Å². The molecule has 90 valence electrons. The van der Waals surface area contributed by atoms with Gasteiger partial charge in [0.15, 0.2) is 0 Å². The van der Waals surface area contributed by atoms with Crippen LogP contribution in [-0.4, -0.2) is 14.8 Å². The van der Waals surface area contributed by atoms with Crippen LogP contribution in [0.2, 0.25) is 0 Å². The lowest BCUT2D eigenvalue weighted by Gasteiger charge is -2.07. The molecule has 0 bridgehead atoms. The van der Waals surface area contributed by atoms with Gasteiger partial charge in [-0.2, -0.15) is 18.3 Å². The summed E-state index contributed by atoms with van der Waals surface area (Å²) >= 11 is 0. The van der Waals surface area contributed by atoms with Crippen LogP contribution in [0.25, 0.3) is 0 Å². The summed E-state index contributed by atoms with van der Waals surface area (Å²) in [5, 5.41) is 3.71. The van der Waals surface area contributed by atoms with E-state index in [1.165, 1.54) is 18.5 Å². The van der Waals surface area contributed by atoms with E-state index in [1.54, 1.807) is 0 Å². The molecule has 1 aromatic carbocycles. The molecular formula is C10H8F3N3O. The van der Waals surface area contributed by atoms with Crippen LogP contribution in [-0.2, 0) is 12.7 Å². The average molecular weight is 243 g/mol. The Morgan fingerprint density at radius 1 is 1.24 bits per heavy atom. The van der Waals surface area contributed by atoms with Crippen molar-refractivity contribution in [3.63, 3.8) is 0 Å². The SMILES string of the molecule is O=c1[nH]cnn1Cc1ccc(C(F)(F)F)cc1. The lowest BCUT2D eigenvalue weighted by molar-refractivity contribution is -0.137. The van der Waals surface area contributed by atoms with Crippen LogP contribution in [0.5, 0.6) is 0 Å². The Morgan fingerprint density at radius 2 is 1.88 bits per heavy atom. The van der Waals surface area contributed by atoms with Crippen molar-refractivity contribution in [2.75, 3.05) is 0 Å². The van der Waals surface area contributed by atoms with Gasteiger partial charge in [0, 0.05) is 0 Å². The molecule has 0 aliphatic rings. The predicted molar refractivity (Wildman–Crippen MR) is 53.4 cm³/mol. The van der Waals surface area contributed by atoms with E-state index < -0.39 is 17.4 Å². The van der Waals surface area contributed by atoms with Gasteiger partial charge >= 0.3 is 11.9 Å². The molecule has 7 heteroatoms. The Balaban J connectivity index is 2.20. The van der Waals surface area contributed by atoms with Gasteiger partial charge in [-0.05, 0) is 17.7 Å². The van der Waals surface area contributed by atoms with Crippen LogP contribution in [0.3, 0.4) is 0 Å². The summed E-state index contributed by atoms with van der Waals surface area (Å²) in [7, 11) is 0. The van der Waals surface area contributed by atoms with Gasteiger partial charge in [0.05, 0.1) is 12.1 Å². The van der Waals surface area contributed by atoms with Crippen LogP contribution >= 0.6 is 0 Å². The van der Waals surface area contributed by atoms with Gasteiger partial charge in [0.2, 0.25) is 0 Å². The van der Waals surface area contributed by atoms with Crippen LogP contribution in [0.4, 0.5) is 13.2 Å². The minimum absolute atomic E-state index is 0.139. The highest BCUT2D eigenvalue weighted by atomic mass is 19.4. The van der Waals surface area contributed by atoms with Gasteiger partial charge in [-0.1, -0.05) is 12.1 Å². The van der Waals surface area contributed by atoms with E-state index >= 15 is 0 Å². The molecule has 0 aliphatic carbocycles. The third kappa shape index (κ3) is 2.55. The fourth-order valence-corrected chi connectivity index (χ4v) is 1.37. The minimum atomic E-state index is -4.35. The largest absolute Gasteiger partial charge is 0.416 e. The topological polar surface area (TPSA) is 50.7 Å². The molecule has 4 nitrogen and oxygen atoms in total. The molecule has 1 aromatic heterocycles. The van der Waals surface area contributed by atoms with Crippen LogP contribution in [0, 0.1) is 0 Å². The Hall–Kier alpha value is -2.05. The number of aromatic nitrogens is 3. The zero-order chi connectivity index (χ0) is 12.5. The molecule has 0 fully saturated rings. The third-order valence-corrected chi connectivity index (χ3v) is 2.23. The molecule has 1 heterocycles. The second kappa shape index (κ2) is 4.08. The van der Waals surface area contributed by atoms with Crippen molar-refractivity contribution in [2.24, 2.45) is 0 Å². The van der Waals surface area contributed by atoms with E-state index in [2.05, 4.69) is 10.1 Å². The van der Waals surface area contributed by atoms with Gasteiger partial charge in [0.1, 0.15) is 6.33 Å². The molecule has 0 saturated carbocycles.